The lowest BCUT2D eigenvalue weighted by atomic mass is 9.92. The van der Waals surface area contributed by atoms with Crippen LogP contribution in [0.3, 0.4) is 0 Å². The zero-order valence-electron chi connectivity index (χ0n) is 11.5. The second-order valence-electron chi connectivity index (χ2n) is 5.35. The summed E-state index contributed by atoms with van der Waals surface area (Å²) >= 11 is 0. The third-order valence-corrected chi connectivity index (χ3v) is 3.98. The van der Waals surface area contributed by atoms with E-state index in [1.54, 1.807) is 0 Å². The van der Waals surface area contributed by atoms with Crippen LogP contribution in [-0.2, 0) is 0 Å². The lowest BCUT2D eigenvalue weighted by molar-refractivity contribution is -0.384. The molecule has 0 spiro atoms. The van der Waals surface area contributed by atoms with E-state index in [1.165, 1.54) is 19.2 Å². The van der Waals surface area contributed by atoms with Gasteiger partial charge in [-0.3, -0.25) is 10.1 Å². The fourth-order valence-corrected chi connectivity index (χ4v) is 2.20. The van der Waals surface area contributed by atoms with Gasteiger partial charge in [0.1, 0.15) is 0 Å². The van der Waals surface area contributed by atoms with Gasteiger partial charge in [0.15, 0.2) is 0 Å². The minimum atomic E-state index is -0.427. The number of aromatic nitrogens is 1. The molecule has 0 radical (unpaired) electrons. The van der Waals surface area contributed by atoms with Crippen molar-refractivity contribution in [3.8, 4) is 5.88 Å². The number of nitro groups is 1. The first-order valence-electron chi connectivity index (χ1n) is 6.42. The minimum absolute atomic E-state index is 0.0136. The first kappa shape index (κ1) is 13.6. The van der Waals surface area contributed by atoms with Crippen molar-refractivity contribution >= 4 is 11.5 Å². The Balaban J connectivity index is 2.16. The Morgan fingerprint density at radius 1 is 1.53 bits per heavy atom. The van der Waals surface area contributed by atoms with Crippen molar-refractivity contribution < 1.29 is 9.66 Å². The van der Waals surface area contributed by atoms with E-state index in [1.807, 2.05) is 0 Å². The third-order valence-electron chi connectivity index (χ3n) is 3.98. The van der Waals surface area contributed by atoms with Crippen molar-refractivity contribution in [1.29, 1.82) is 0 Å². The van der Waals surface area contributed by atoms with Crippen molar-refractivity contribution in [2.45, 2.75) is 26.7 Å². The summed E-state index contributed by atoms with van der Waals surface area (Å²) in [6, 6.07) is 2.92. The number of ether oxygens (including phenoxy) is 1. The predicted octanol–water partition coefficient (Wildman–Crippen LogP) is 2.85. The molecule has 0 aromatic carbocycles. The number of nitrogens with one attached hydrogen (secondary N) is 1. The summed E-state index contributed by atoms with van der Waals surface area (Å²) in [5, 5.41) is 14.1. The van der Waals surface area contributed by atoms with E-state index >= 15 is 0 Å². The Kier molecular flexibility index (Phi) is 3.59. The zero-order chi connectivity index (χ0) is 14.0. The zero-order valence-corrected chi connectivity index (χ0v) is 11.5. The SMILES string of the molecule is COc1ccc([N+](=O)[O-])c(NCC2(C(C)C)CC2)n1. The van der Waals surface area contributed by atoms with Crippen LogP contribution >= 0.6 is 0 Å². The average Bonchev–Trinajstić information content (AvgIpc) is 3.17. The molecule has 1 heterocycles. The number of rotatable bonds is 6. The number of nitrogens with zero attached hydrogens (tertiary/aromatic N) is 2. The Morgan fingerprint density at radius 3 is 2.68 bits per heavy atom. The molecule has 0 unspecified atom stereocenters. The predicted molar refractivity (Wildman–Crippen MR) is 72.4 cm³/mol. The van der Waals surface area contributed by atoms with Gasteiger partial charge in [-0.2, -0.15) is 4.98 Å². The molecule has 0 aliphatic heterocycles. The molecule has 6 nitrogen and oxygen atoms in total. The van der Waals surface area contributed by atoms with Gasteiger partial charge in [-0.05, 0) is 24.2 Å². The number of anilines is 1. The summed E-state index contributed by atoms with van der Waals surface area (Å²) < 4.78 is 5.01. The van der Waals surface area contributed by atoms with E-state index in [4.69, 9.17) is 4.74 Å². The maximum Gasteiger partial charge on any atom is 0.311 e. The van der Waals surface area contributed by atoms with Gasteiger partial charge in [0.2, 0.25) is 11.7 Å². The van der Waals surface area contributed by atoms with E-state index in [-0.39, 0.29) is 16.9 Å². The molecule has 1 fully saturated rings. The van der Waals surface area contributed by atoms with Gasteiger partial charge in [0.25, 0.3) is 0 Å². The topological polar surface area (TPSA) is 77.3 Å². The van der Waals surface area contributed by atoms with Gasteiger partial charge in [-0.25, -0.2) is 0 Å². The second kappa shape index (κ2) is 5.03. The quantitative estimate of drug-likeness (QED) is 0.632. The van der Waals surface area contributed by atoms with Crippen LogP contribution in [0.5, 0.6) is 5.88 Å². The summed E-state index contributed by atoms with van der Waals surface area (Å²) in [6.45, 7) is 5.08. The Morgan fingerprint density at radius 2 is 2.21 bits per heavy atom. The minimum Gasteiger partial charge on any atom is -0.481 e. The van der Waals surface area contributed by atoms with Crippen LogP contribution in [0.2, 0.25) is 0 Å². The van der Waals surface area contributed by atoms with Crippen LogP contribution < -0.4 is 10.1 Å². The fourth-order valence-electron chi connectivity index (χ4n) is 2.20. The molecule has 0 saturated heterocycles. The van der Waals surface area contributed by atoms with Gasteiger partial charge < -0.3 is 10.1 Å². The van der Waals surface area contributed by atoms with Crippen LogP contribution in [0.1, 0.15) is 26.7 Å². The summed E-state index contributed by atoms with van der Waals surface area (Å²) in [4.78, 5) is 14.7. The molecule has 1 aromatic rings. The normalized spacial score (nSPS) is 16.2. The highest BCUT2D eigenvalue weighted by Gasteiger charge is 2.45. The smallest absolute Gasteiger partial charge is 0.311 e. The van der Waals surface area contributed by atoms with Crippen molar-refractivity contribution in [2.24, 2.45) is 11.3 Å². The first-order valence-corrected chi connectivity index (χ1v) is 6.42. The number of hydrogen-bond donors (Lipinski definition) is 1. The summed E-state index contributed by atoms with van der Waals surface area (Å²) in [5.74, 6) is 1.23. The molecule has 1 saturated carbocycles. The molecule has 1 aromatic heterocycles. The third kappa shape index (κ3) is 2.77. The number of pyridine rings is 1. The van der Waals surface area contributed by atoms with E-state index in [9.17, 15) is 10.1 Å². The molecule has 19 heavy (non-hydrogen) atoms. The van der Waals surface area contributed by atoms with Crippen molar-refractivity contribution in [1.82, 2.24) is 4.98 Å². The number of hydrogen-bond acceptors (Lipinski definition) is 5. The molecule has 1 aliphatic rings. The molecule has 0 atom stereocenters. The van der Waals surface area contributed by atoms with Crippen molar-refractivity contribution in [3.63, 3.8) is 0 Å². The highest BCUT2D eigenvalue weighted by atomic mass is 16.6. The van der Waals surface area contributed by atoms with Gasteiger partial charge in [0.05, 0.1) is 12.0 Å². The van der Waals surface area contributed by atoms with Crippen molar-refractivity contribution in [3.05, 3.63) is 22.2 Å². The van der Waals surface area contributed by atoms with E-state index in [0.29, 0.717) is 18.3 Å². The van der Waals surface area contributed by atoms with Crippen LogP contribution in [0.15, 0.2) is 12.1 Å². The summed E-state index contributed by atoms with van der Waals surface area (Å²) in [6.07, 6.45) is 2.32. The molecule has 1 aliphatic carbocycles. The Hall–Kier alpha value is -1.85. The van der Waals surface area contributed by atoms with E-state index in [0.717, 1.165) is 12.8 Å². The lowest BCUT2D eigenvalue weighted by Gasteiger charge is -2.20. The summed E-state index contributed by atoms with van der Waals surface area (Å²) in [7, 11) is 1.49. The molecule has 1 N–H and O–H groups in total. The maximum atomic E-state index is 11.0. The fraction of sp³-hybridized carbons (Fsp3) is 0.615. The molecule has 2 rings (SSSR count). The Labute approximate surface area is 112 Å². The Bertz CT molecular complexity index is 484. The molecule has 104 valence electrons. The first-order chi connectivity index (χ1) is 8.98. The largest absolute Gasteiger partial charge is 0.481 e. The molecular weight excluding hydrogens is 246 g/mol. The maximum absolute atomic E-state index is 11.0. The monoisotopic (exact) mass is 265 g/mol. The van der Waals surface area contributed by atoms with Gasteiger partial charge >= 0.3 is 5.69 Å². The number of methoxy groups -OCH3 is 1. The van der Waals surface area contributed by atoms with E-state index < -0.39 is 4.92 Å². The molecule has 6 heteroatoms. The summed E-state index contributed by atoms with van der Waals surface area (Å²) in [5.41, 5.74) is 0.249. The average molecular weight is 265 g/mol. The second-order valence-corrected chi connectivity index (χ2v) is 5.35. The molecular formula is C13H19N3O3. The standard InChI is InChI=1S/C13H19N3O3/c1-9(2)13(6-7-13)8-14-12-10(16(17)18)4-5-11(15-12)19-3/h4-5,9H,6-8H2,1-3H3,(H,14,15). The van der Waals surface area contributed by atoms with Gasteiger partial charge in [-0.15, -0.1) is 0 Å². The molecule has 0 bridgehead atoms. The van der Waals surface area contributed by atoms with Gasteiger partial charge in [-0.1, -0.05) is 13.8 Å². The van der Waals surface area contributed by atoms with Gasteiger partial charge in [0, 0.05) is 18.7 Å². The molecule has 0 amide bonds. The highest BCUT2D eigenvalue weighted by Crippen LogP contribution is 2.51. The van der Waals surface area contributed by atoms with Crippen molar-refractivity contribution in [2.75, 3.05) is 19.0 Å². The van der Waals surface area contributed by atoms with Crippen LogP contribution in [0.4, 0.5) is 11.5 Å². The lowest BCUT2D eigenvalue weighted by Crippen LogP contribution is -2.21. The van der Waals surface area contributed by atoms with Crippen LogP contribution in [0, 0.1) is 21.4 Å². The van der Waals surface area contributed by atoms with E-state index in [2.05, 4.69) is 24.1 Å². The van der Waals surface area contributed by atoms with Crippen LogP contribution in [0.25, 0.3) is 0 Å². The highest BCUT2D eigenvalue weighted by molar-refractivity contribution is 5.57. The van der Waals surface area contributed by atoms with Crippen LogP contribution in [-0.4, -0.2) is 23.6 Å².